The number of hydrogen-bond acceptors (Lipinski definition) is 0. The third-order valence-corrected chi connectivity index (χ3v) is 1.53. The SMILES string of the molecule is CC[c-]1cccc1C.[Cl-].[Cl-].[Hf]. The predicted molar refractivity (Wildman–Crippen MR) is 36.1 cm³/mol. The molecular weight excluding hydrogens is 345 g/mol. The zero-order valence-corrected chi connectivity index (χ0v) is 11.8. The molecule has 1 aromatic rings. The molecular formula is C8H11Cl2Hf-3. The van der Waals surface area contributed by atoms with Crippen LogP contribution in [-0.2, 0) is 32.3 Å². The molecule has 0 unspecified atom stereocenters. The van der Waals surface area contributed by atoms with Gasteiger partial charge in [-0.05, 0) is 0 Å². The summed E-state index contributed by atoms with van der Waals surface area (Å²) in [5, 5.41) is 0. The molecule has 0 amide bonds. The number of halogens is 2. The molecule has 0 radical (unpaired) electrons. The van der Waals surface area contributed by atoms with Gasteiger partial charge in [0.15, 0.2) is 0 Å². The number of rotatable bonds is 1. The maximum Gasteiger partial charge on any atom is 0 e. The van der Waals surface area contributed by atoms with Gasteiger partial charge < -0.3 is 24.8 Å². The van der Waals surface area contributed by atoms with Gasteiger partial charge >= 0.3 is 0 Å². The van der Waals surface area contributed by atoms with Crippen molar-refractivity contribution in [3.05, 3.63) is 29.3 Å². The van der Waals surface area contributed by atoms with Crippen molar-refractivity contribution in [3.63, 3.8) is 0 Å². The van der Waals surface area contributed by atoms with Crippen molar-refractivity contribution in [3.8, 4) is 0 Å². The van der Waals surface area contributed by atoms with Crippen LogP contribution in [0.3, 0.4) is 0 Å². The fraction of sp³-hybridized carbons (Fsp3) is 0.375. The standard InChI is InChI=1S/C8H11.2ClH.Hf/c1-3-8-6-4-5-7(8)2;;;/h4-6H,3H2,1-2H3;2*1H;/q-1;;;/p-2. The Bertz CT molecular complexity index is 172. The second-order valence-electron chi connectivity index (χ2n) is 2.09. The normalized spacial score (nSPS) is 7.09. The molecule has 0 N–H and O–H groups in total. The van der Waals surface area contributed by atoms with Gasteiger partial charge in [0.2, 0.25) is 0 Å². The van der Waals surface area contributed by atoms with Crippen LogP contribution >= 0.6 is 0 Å². The molecule has 0 heterocycles. The van der Waals surface area contributed by atoms with Crippen LogP contribution in [0.2, 0.25) is 0 Å². The Morgan fingerprint density at radius 2 is 1.91 bits per heavy atom. The second-order valence-corrected chi connectivity index (χ2v) is 2.09. The summed E-state index contributed by atoms with van der Waals surface area (Å²) in [7, 11) is 0. The van der Waals surface area contributed by atoms with E-state index in [-0.39, 0.29) is 50.7 Å². The van der Waals surface area contributed by atoms with Crippen LogP contribution in [0.1, 0.15) is 18.1 Å². The molecule has 0 aliphatic rings. The van der Waals surface area contributed by atoms with Crippen LogP contribution in [0.4, 0.5) is 0 Å². The Morgan fingerprint density at radius 1 is 1.36 bits per heavy atom. The first-order valence-electron chi connectivity index (χ1n) is 3.05. The van der Waals surface area contributed by atoms with Gasteiger partial charge in [-0.1, -0.05) is 20.3 Å². The zero-order valence-electron chi connectivity index (χ0n) is 6.70. The van der Waals surface area contributed by atoms with E-state index >= 15 is 0 Å². The summed E-state index contributed by atoms with van der Waals surface area (Å²) in [6.07, 6.45) is 1.17. The summed E-state index contributed by atoms with van der Waals surface area (Å²) in [5.41, 5.74) is 2.90. The van der Waals surface area contributed by atoms with E-state index in [1.165, 1.54) is 17.5 Å². The van der Waals surface area contributed by atoms with E-state index in [0.29, 0.717) is 0 Å². The van der Waals surface area contributed by atoms with Gasteiger partial charge in [-0.15, -0.1) is 0 Å². The summed E-state index contributed by atoms with van der Waals surface area (Å²) in [6, 6.07) is 6.43. The molecule has 0 aliphatic heterocycles. The van der Waals surface area contributed by atoms with E-state index < -0.39 is 0 Å². The van der Waals surface area contributed by atoms with E-state index in [9.17, 15) is 0 Å². The van der Waals surface area contributed by atoms with Crippen LogP contribution in [0.15, 0.2) is 18.2 Å². The van der Waals surface area contributed by atoms with Gasteiger partial charge in [0.1, 0.15) is 0 Å². The first kappa shape index (κ1) is 17.8. The summed E-state index contributed by atoms with van der Waals surface area (Å²) in [5.74, 6) is 0. The molecule has 1 rings (SSSR count). The Labute approximate surface area is 99.7 Å². The summed E-state index contributed by atoms with van der Waals surface area (Å²) < 4.78 is 0. The third kappa shape index (κ3) is 5.10. The third-order valence-electron chi connectivity index (χ3n) is 1.53. The van der Waals surface area contributed by atoms with Crippen molar-refractivity contribution in [2.45, 2.75) is 20.3 Å². The molecule has 0 saturated heterocycles. The summed E-state index contributed by atoms with van der Waals surface area (Å²) in [4.78, 5) is 0. The molecule has 0 fully saturated rings. The molecule has 0 spiro atoms. The fourth-order valence-corrected chi connectivity index (χ4v) is 0.944. The number of hydrogen-bond donors (Lipinski definition) is 0. The largest absolute Gasteiger partial charge is 1.00 e. The molecule has 0 atom stereocenters. The predicted octanol–water partition coefficient (Wildman–Crippen LogP) is -3.72. The summed E-state index contributed by atoms with van der Waals surface area (Å²) >= 11 is 0. The van der Waals surface area contributed by atoms with E-state index in [1.54, 1.807) is 0 Å². The van der Waals surface area contributed by atoms with Gasteiger partial charge in [0, 0.05) is 25.8 Å². The average Bonchev–Trinajstić information content (AvgIpc) is 2.14. The van der Waals surface area contributed by atoms with Crippen LogP contribution in [0.5, 0.6) is 0 Å². The Kier molecular flexibility index (Phi) is 14.4. The summed E-state index contributed by atoms with van der Waals surface area (Å²) in [6.45, 7) is 4.33. The van der Waals surface area contributed by atoms with E-state index in [1.807, 2.05) is 0 Å². The Morgan fingerprint density at radius 3 is 2.09 bits per heavy atom. The minimum Gasteiger partial charge on any atom is -1.00 e. The van der Waals surface area contributed by atoms with Crippen molar-refractivity contribution in [1.82, 2.24) is 0 Å². The van der Waals surface area contributed by atoms with Crippen molar-refractivity contribution >= 4 is 0 Å². The van der Waals surface area contributed by atoms with Gasteiger partial charge in [-0.3, -0.25) is 0 Å². The van der Waals surface area contributed by atoms with Crippen LogP contribution in [0.25, 0.3) is 0 Å². The molecule has 0 aliphatic carbocycles. The average molecular weight is 357 g/mol. The first-order chi connectivity index (χ1) is 3.84. The molecule has 0 nitrogen and oxygen atoms in total. The van der Waals surface area contributed by atoms with Crippen LogP contribution in [-0.4, -0.2) is 0 Å². The van der Waals surface area contributed by atoms with E-state index in [0.717, 1.165) is 0 Å². The van der Waals surface area contributed by atoms with Crippen molar-refractivity contribution in [1.29, 1.82) is 0 Å². The van der Waals surface area contributed by atoms with Crippen molar-refractivity contribution in [2.75, 3.05) is 0 Å². The van der Waals surface area contributed by atoms with Gasteiger partial charge in [-0.2, -0.15) is 17.2 Å². The molecule has 0 aromatic heterocycles. The molecule has 1 aromatic carbocycles. The minimum absolute atomic E-state index is 0. The fourth-order valence-electron chi connectivity index (χ4n) is 0.944. The van der Waals surface area contributed by atoms with Crippen molar-refractivity contribution in [2.24, 2.45) is 0 Å². The quantitative estimate of drug-likeness (QED) is 0.359. The number of aryl methyl sites for hydroxylation is 2. The topological polar surface area (TPSA) is 0 Å². The molecule has 0 bridgehead atoms. The minimum atomic E-state index is 0. The van der Waals surface area contributed by atoms with Gasteiger partial charge in [-0.25, -0.2) is 12.1 Å². The zero-order chi connectivity index (χ0) is 5.98. The van der Waals surface area contributed by atoms with E-state index in [4.69, 9.17) is 0 Å². The van der Waals surface area contributed by atoms with Crippen LogP contribution in [0, 0.1) is 6.92 Å². The maximum atomic E-state index is 2.18. The van der Waals surface area contributed by atoms with Crippen LogP contribution < -0.4 is 24.8 Å². The van der Waals surface area contributed by atoms with E-state index in [2.05, 4.69) is 32.0 Å². The smallest absolute Gasteiger partial charge is 0 e. The Hall–Kier alpha value is 0.800. The Balaban J connectivity index is -0.000000213. The molecule has 3 heteroatoms. The second kappa shape index (κ2) is 8.89. The van der Waals surface area contributed by atoms with Gasteiger partial charge in [0.05, 0.1) is 0 Å². The molecule has 64 valence electrons. The maximum absolute atomic E-state index is 2.18. The molecule has 11 heavy (non-hydrogen) atoms. The van der Waals surface area contributed by atoms with Crippen molar-refractivity contribution < 1.29 is 50.7 Å². The van der Waals surface area contributed by atoms with Gasteiger partial charge in [0.25, 0.3) is 0 Å². The molecule has 0 saturated carbocycles. The first-order valence-corrected chi connectivity index (χ1v) is 3.05. The monoisotopic (exact) mass is 357 g/mol.